The number of likely N-dealkylation sites (N-methyl/N-ethyl adjacent to an activating group) is 1. The molecule has 6 nitrogen and oxygen atoms in total. The molecule has 2 aliphatic rings. The summed E-state index contributed by atoms with van der Waals surface area (Å²) in [6.45, 7) is 10.1. The maximum Gasteiger partial charge on any atom is 0.219 e. The van der Waals surface area contributed by atoms with Crippen LogP contribution in [0.5, 0.6) is 0 Å². The fraction of sp³-hybridized carbons (Fsp3) is 0.600. The van der Waals surface area contributed by atoms with Gasteiger partial charge in [-0.3, -0.25) is 9.48 Å². The molecule has 0 unspecified atom stereocenters. The van der Waals surface area contributed by atoms with Gasteiger partial charge in [-0.05, 0) is 25.3 Å². The van der Waals surface area contributed by atoms with Crippen molar-refractivity contribution in [3.05, 3.63) is 35.4 Å². The fourth-order valence-electron chi connectivity index (χ4n) is 3.71. The topological polar surface area (TPSA) is 50.6 Å². The summed E-state index contributed by atoms with van der Waals surface area (Å²) < 4.78 is 21.4. The molecule has 1 aromatic rings. The predicted octanol–water partition coefficient (Wildman–Crippen LogP) is 3.35. The molecule has 2 aliphatic heterocycles. The maximum absolute atomic E-state index is 13.7. The van der Waals surface area contributed by atoms with Crippen molar-refractivity contribution >= 4 is 11.7 Å². The van der Waals surface area contributed by atoms with Gasteiger partial charge in [0.15, 0.2) is 5.82 Å². The number of fused-ring (bicyclic) bond motifs is 1. The van der Waals surface area contributed by atoms with E-state index in [9.17, 15) is 9.18 Å². The molecular formula is C20H29FN4O2. The minimum Gasteiger partial charge on any atom is -0.381 e. The Kier molecular flexibility index (Phi) is 5.99. The summed E-state index contributed by atoms with van der Waals surface area (Å²) in [4.78, 5) is 15.6. The van der Waals surface area contributed by atoms with Crippen molar-refractivity contribution in [2.45, 2.75) is 52.1 Å². The Bertz CT molecular complexity index is 749. The van der Waals surface area contributed by atoms with Gasteiger partial charge in [0.2, 0.25) is 5.91 Å². The van der Waals surface area contributed by atoms with Crippen LogP contribution < -0.4 is 4.90 Å². The molecule has 0 N–H and O–H groups in total. The Morgan fingerprint density at radius 2 is 2.15 bits per heavy atom. The zero-order chi connectivity index (χ0) is 19.6. The minimum absolute atomic E-state index is 0.0591. The van der Waals surface area contributed by atoms with Gasteiger partial charge in [0, 0.05) is 57.1 Å². The molecule has 7 heteroatoms. The molecule has 0 spiro atoms. The monoisotopic (exact) mass is 376 g/mol. The highest BCUT2D eigenvalue weighted by Gasteiger charge is 2.31. The average Bonchev–Trinajstić information content (AvgIpc) is 3.06. The summed E-state index contributed by atoms with van der Waals surface area (Å²) in [6, 6.07) is 0.301. The summed E-state index contributed by atoms with van der Waals surface area (Å²) >= 11 is 0. The largest absolute Gasteiger partial charge is 0.381 e. The number of nitrogens with zero attached hydrogens (tertiary/aromatic N) is 4. The Balaban J connectivity index is 1.98. The molecule has 3 heterocycles. The fourth-order valence-corrected chi connectivity index (χ4v) is 3.71. The van der Waals surface area contributed by atoms with E-state index in [0.717, 1.165) is 43.9 Å². The first kappa shape index (κ1) is 19.6. The van der Waals surface area contributed by atoms with Crippen LogP contribution >= 0.6 is 0 Å². The van der Waals surface area contributed by atoms with E-state index in [1.54, 1.807) is 13.8 Å². The smallest absolute Gasteiger partial charge is 0.219 e. The van der Waals surface area contributed by atoms with Gasteiger partial charge in [0.05, 0.1) is 12.6 Å². The molecule has 27 heavy (non-hydrogen) atoms. The number of hydrogen-bond donors (Lipinski definition) is 0. The molecular weight excluding hydrogens is 347 g/mol. The van der Waals surface area contributed by atoms with Crippen molar-refractivity contribution in [2.24, 2.45) is 0 Å². The number of halogens is 1. The zero-order valence-electron chi connectivity index (χ0n) is 16.5. The maximum atomic E-state index is 13.7. The Labute approximate surface area is 160 Å². The van der Waals surface area contributed by atoms with Crippen molar-refractivity contribution in [3.63, 3.8) is 0 Å². The summed E-state index contributed by atoms with van der Waals surface area (Å²) in [6.07, 6.45) is 4.42. The first-order chi connectivity index (χ1) is 12.9. The first-order valence-corrected chi connectivity index (χ1v) is 9.64. The molecule has 1 saturated heterocycles. The number of rotatable bonds is 5. The van der Waals surface area contributed by atoms with Gasteiger partial charge in [0.25, 0.3) is 0 Å². The van der Waals surface area contributed by atoms with Crippen LogP contribution in [-0.4, -0.2) is 47.4 Å². The SMILES string of the molecule is C=C(/C=C(/F)CC)N(C)c1nn(C2CCOCC2)c2c1CN(C(C)=O)CC2. The molecule has 0 atom stereocenters. The number of carbonyl (C=O) groups excluding carboxylic acids is 1. The highest BCUT2D eigenvalue weighted by atomic mass is 19.1. The molecule has 0 radical (unpaired) electrons. The quantitative estimate of drug-likeness (QED) is 0.740. The van der Waals surface area contributed by atoms with Crippen LogP contribution in [0, 0.1) is 0 Å². The van der Waals surface area contributed by atoms with Crippen LogP contribution in [0.15, 0.2) is 24.2 Å². The number of carbonyl (C=O) groups is 1. The van der Waals surface area contributed by atoms with E-state index in [-0.39, 0.29) is 11.7 Å². The zero-order valence-corrected chi connectivity index (χ0v) is 16.5. The third kappa shape index (κ3) is 4.08. The van der Waals surface area contributed by atoms with Crippen molar-refractivity contribution in [1.29, 1.82) is 0 Å². The van der Waals surface area contributed by atoms with E-state index in [0.29, 0.717) is 31.2 Å². The average molecular weight is 376 g/mol. The van der Waals surface area contributed by atoms with Crippen molar-refractivity contribution in [1.82, 2.24) is 14.7 Å². The first-order valence-electron chi connectivity index (χ1n) is 9.64. The normalized spacial score (nSPS) is 18.4. The molecule has 0 aromatic carbocycles. The van der Waals surface area contributed by atoms with E-state index >= 15 is 0 Å². The number of aromatic nitrogens is 2. The van der Waals surface area contributed by atoms with Gasteiger partial charge in [-0.1, -0.05) is 13.5 Å². The van der Waals surface area contributed by atoms with Crippen LogP contribution in [0.25, 0.3) is 0 Å². The van der Waals surface area contributed by atoms with Gasteiger partial charge in [-0.15, -0.1) is 0 Å². The highest BCUT2D eigenvalue weighted by molar-refractivity contribution is 5.74. The number of anilines is 1. The van der Waals surface area contributed by atoms with Crippen LogP contribution in [0.4, 0.5) is 10.2 Å². The van der Waals surface area contributed by atoms with Gasteiger partial charge in [0.1, 0.15) is 5.83 Å². The van der Waals surface area contributed by atoms with Gasteiger partial charge in [-0.25, -0.2) is 4.39 Å². The van der Waals surface area contributed by atoms with Crippen molar-refractivity contribution < 1.29 is 13.9 Å². The molecule has 148 valence electrons. The van der Waals surface area contributed by atoms with Gasteiger partial charge in [-0.2, -0.15) is 5.10 Å². The standard InChI is InChI=1S/C20H29FN4O2/c1-5-16(21)12-14(2)23(4)20-18-13-24(15(3)26)9-6-19(18)25(22-20)17-7-10-27-11-8-17/h12,17H,2,5-11,13H2,1,3-4H3/b16-12+. The second kappa shape index (κ2) is 8.25. The molecule has 1 amide bonds. The third-order valence-electron chi connectivity index (χ3n) is 5.46. The summed E-state index contributed by atoms with van der Waals surface area (Å²) in [5.41, 5.74) is 2.76. The lowest BCUT2D eigenvalue weighted by molar-refractivity contribution is -0.129. The van der Waals surface area contributed by atoms with E-state index in [1.165, 1.54) is 11.8 Å². The predicted molar refractivity (Wildman–Crippen MR) is 103 cm³/mol. The second-order valence-corrected chi connectivity index (χ2v) is 7.22. The van der Waals surface area contributed by atoms with E-state index in [2.05, 4.69) is 11.3 Å². The molecule has 0 saturated carbocycles. The lowest BCUT2D eigenvalue weighted by Crippen LogP contribution is -2.35. The van der Waals surface area contributed by atoms with E-state index in [4.69, 9.17) is 9.84 Å². The number of allylic oxidation sites excluding steroid dienone is 2. The summed E-state index contributed by atoms with van der Waals surface area (Å²) in [7, 11) is 1.85. The number of ether oxygens (including phenoxy) is 1. The summed E-state index contributed by atoms with van der Waals surface area (Å²) in [5.74, 6) is 0.603. The lowest BCUT2D eigenvalue weighted by Gasteiger charge is -2.29. The molecule has 0 aliphatic carbocycles. The summed E-state index contributed by atoms with van der Waals surface area (Å²) in [5, 5.41) is 4.90. The lowest BCUT2D eigenvalue weighted by atomic mass is 10.0. The van der Waals surface area contributed by atoms with Crippen LogP contribution in [0.3, 0.4) is 0 Å². The van der Waals surface area contributed by atoms with Gasteiger partial charge < -0.3 is 14.5 Å². The second-order valence-electron chi connectivity index (χ2n) is 7.22. The minimum atomic E-state index is -0.213. The third-order valence-corrected chi connectivity index (χ3v) is 5.46. The highest BCUT2D eigenvalue weighted by Crippen LogP contribution is 2.34. The molecule has 1 aromatic heterocycles. The van der Waals surface area contributed by atoms with E-state index < -0.39 is 0 Å². The molecule has 1 fully saturated rings. The van der Waals surface area contributed by atoms with Crippen LogP contribution in [-0.2, 0) is 22.5 Å². The number of amides is 1. The molecule has 0 bridgehead atoms. The van der Waals surface area contributed by atoms with E-state index in [1.807, 2.05) is 16.8 Å². The Hall–Kier alpha value is -2.15. The Morgan fingerprint density at radius 3 is 2.78 bits per heavy atom. The number of hydrogen-bond acceptors (Lipinski definition) is 4. The van der Waals surface area contributed by atoms with Crippen LogP contribution in [0.2, 0.25) is 0 Å². The Morgan fingerprint density at radius 1 is 1.44 bits per heavy atom. The molecule has 3 rings (SSSR count). The van der Waals surface area contributed by atoms with Crippen molar-refractivity contribution in [3.8, 4) is 0 Å². The van der Waals surface area contributed by atoms with Crippen molar-refractivity contribution in [2.75, 3.05) is 31.7 Å². The van der Waals surface area contributed by atoms with Gasteiger partial charge >= 0.3 is 0 Å². The van der Waals surface area contributed by atoms with Crippen LogP contribution in [0.1, 0.15) is 50.4 Å².